The van der Waals surface area contributed by atoms with Crippen LogP contribution in [0.5, 0.6) is 0 Å². The van der Waals surface area contributed by atoms with Gasteiger partial charge >= 0.3 is 0 Å². The van der Waals surface area contributed by atoms with Gasteiger partial charge in [-0.2, -0.15) is 0 Å². The molecule has 0 aliphatic rings. The lowest BCUT2D eigenvalue weighted by molar-refractivity contribution is 0.549. The van der Waals surface area contributed by atoms with Crippen molar-refractivity contribution < 1.29 is 0 Å². The molecule has 0 radical (unpaired) electrons. The number of H-pyrrole nitrogens is 1. The molecule has 18 heavy (non-hydrogen) atoms. The molecule has 2 N–H and O–H groups in total. The summed E-state index contributed by atoms with van der Waals surface area (Å²) in [5.74, 6) is 0.987. The van der Waals surface area contributed by atoms with Crippen LogP contribution >= 0.6 is 15.9 Å². The standard InChI is InChI=1S/C14H18BrN3/c1-3-8-16-10(2)14-17-9-13(18-14)11-4-6-12(15)7-5-11/h4-7,9-10,16H,3,8H2,1-2H3,(H,17,18)/t10-/m1/s1. The molecule has 0 unspecified atom stereocenters. The van der Waals surface area contributed by atoms with Gasteiger partial charge < -0.3 is 10.3 Å². The summed E-state index contributed by atoms with van der Waals surface area (Å²) in [5.41, 5.74) is 2.12. The van der Waals surface area contributed by atoms with Crippen molar-refractivity contribution in [3.63, 3.8) is 0 Å². The highest BCUT2D eigenvalue weighted by Crippen LogP contribution is 2.21. The van der Waals surface area contributed by atoms with Crippen molar-refractivity contribution in [3.05, 3.63) is 40.8 Å². The van der Waals surface area contributed by atoms with Crippen molar-refractivity contribution >= 4 is 15.9 Å². The SMILES string of the molecule is CCCN[C@H](C)c1nc(-c2ccc(Br)cc2)c[nH]1. The Labute approximate surface area is 116 Å². The maximum atomic E-state index is 4.63. The molecule has 3 nitrogen and oxygen atoms in total. The Morgan fingerprint density at radius 2 is 2.06 bits per heavy atom. The van der Waals surface area contributed by atoms with Crippen LogP contribution in [0.3, 0.4) is 0 Å². The third kappa shape index (κ3) is 3.21. The molecule has 0 bridgehead atoms. The molecule has 1 aromatic carbocycles. The number of imidazole rings is 1. The van der Waals surface area contributed by atoms with Gasteiger partial charge in [-0.3, -0.25) is 0 Å². The molecule has 4 heteroatoms. The van der Waals surface area contributed by atoms with Gasteiger partial charge in [0, 0.05) is 16.2 Å². The van der Waals surface area contributed by atoms with E-state index in [4.69, 9.17) is 0 Å². The lowest BCUT2D eigenvalue weighted by Crippen LogP contribution is -2.20. The highest BCUT2D eigenvalue weighted by atomic mass is 79.9. The van der Waals surface area contributed by atoms with E-state index >= 15 is 0 Å². The summed E-state index contributed by atoms with van der Waals surface area (Å²) < 4.78 is 1.08. The molecule has 0 saturated carbocycles. The summed E-state index contributed by atoms with van der Waals surface area (Å²) >= 11 is 3.44. The van der Waals surface area contributed by atoms with Crippen molar-refractivity contribution in [3.8, 4) is 11.3 Å². The first-order valence-corrected chi connectivity index (χ1v) is 7.04. The van der Waals surface area contributed by atoms with Crippen molar-refractivity contribution in [2.75, 3.05) is 6.54 Å². The zero-order chi connectivity index (χ0) is 13.0. The summed E-state index contributed by atoms with van der Waals surface area (Å²) in [4.78, 5) is 7.87. The van der Waals surface area contributed by atoms with Crippen LogP contribution in [0.4, 0.5) is 0 Å². The molecule has 0 spiro atoms. The van der Waals surface area contributed by atoms with E-state index in [9.17, 15) is 0 Å². The molecule has 2 aromatic rings. The first-order chi connectivity index (χ1) is 8.70. The van der Waals surface area contributed by atoms with Crippen molar-refractivity contribution in [2.24, 2.45) is 0 Å². The Hall–Kier alpha value is -1.13. The first-order valence-electron chi connectivity index (χ1n) is 6.25. The number of hydrogen-bond donors (Lipinski definition) is 2. The second-order valence-electron chi connectivity index (χ2n) is 4.35. The van der Waals surface area contributed by atoms with Crippen molar-refractivity contribution in [1.82, 2.24) is 15.3 Å². The predicted molar refractivity (Wildman–Crippen MR) is 78.4 cm³/mol. The van der Waals surface area contributed by atoms with Gasteiger partial charge in [0.05, 0.1) is 11.7 Å². The molecule has 0 amide bonds. The van der Waals surface area contributed by atoms with Gasteiger partial charge in [-0.15, -0.1) is 0 Å². The molecule has 0 saturated heterocycles. The average Bonchev–Trinajstić information content (AvgIpc) is 2.86. The van der Waals surface area contributed by atoms with Crippen LogP contribution in [0, 0.1) is 0 Å². The van der Waals surface area contributed by atoms with Gasteiger partial charge in [-0.25, -0.2) is 4.98 Å². The van der Waals surface area contributed by atoms with Gasteiger partial charge in [0.25, 0.3) is 0 Å². The summed E-state index contributed by atoms with van der Waals surface area (Å²) in [6.07, 6.45) is 3.09. The number of aromatic amines is 1. The van der Waals surface area contributed by atoms with Crippen LogP contribution in [0.15, 0.2) is 34.9 Å². The largest absolute Gasteiger partial charge is 0.347 e. The Balaban J connectivity index is 2.12. The second kappa shape index (κ2) is 6.16. The Morgan fingerprint density at radius 3 is 2.72 bits per heavy atom. The van der Waals surface area contributed by atoms with E-state index in [0.29, 0.717) is 0 Å². The fraction of sp³-hybridized carbons (Fsp3) is 0.357. The fourth-order valence-corrected chi connectivity index (χ4v) is 2.05. The monoisotopic (exact) mass is 307 g/mol. The summed E-state index contributed by atoms with van der Waals surface area (Å²) in [7, 11) is 0. The van der Waals surface area contributed by atoms with Gasteiger partial charge in [-0.1, -0.05) is 35.0 Å². The average molecular weight is 308 g/mol. The Morgan fingerprint density at radius 1 is 1.33 bits per heavy atom. The number of nitrogens with one attached hydrogen (secondary N) is 2. The summed E-state index contributed by atoms with van der Waals surface area (Å²) in [6.45, 7) is 5.30. The molecular formula is C14H18BrN3. The van der Waals surface area contributed by atoms with E-state index in [-0.39, 0.29) is 6.04 Å². The highest BCUT2D eigenvalue weighted by molar-refractivity contribution is 9.10. The maximum Gasteiger partial charge on any atom is 0.123 e. The van der Waals surface area contributed by atoms with Gasteiger partial charge in [0.2, 0.25) is 0 Å². The fourth-order valence-electron chi connectivity index (χ4n) is 1.78. The van der Waals surface area contributed by atoms with E-state index in [1.54, 1.807) is 0 Å². The normalized spacial score (nSPS) is 12.6. The van der Waals surface area contributed by atoms with Gasteiger partial charge in [0.15, 0.2) is 0 Å². The van der Waals surface area contributed by atoms with Crippen LogP contribution in [0.1, 0.15) is 32.1 Å². The predicted octanol–water partition coefficient (Wildman–Crippen LogP) is 3.90. The third-order valence-electron chi connectivity index (χ3n) is 2.85. The van der Waals surface area contributed by atoms with E-state index in [2.05, 4.69) is 57.2 Å². The minimum absolute atomic E-state index is 0.258. The minimum Gasteiger partial charge on any atom is -0.347 e. The maximum absolute atomic E-state index is 4.63. The van der Waals surface area contributed by atoms with E-state index < -0.39 is 0 Å². The molecule has 0 fully saturated rings. The highest BCUT2D eigenvalue weighted by Gasteiger charge is 2.09. The lowest BCUT2D eigenvalue weighted by atomic mass is 10.2. The van der Waals surface area contributed by atoms with Crippen LogP contribution in [-0.2, 0) is 0 Å². The van der Waals surface area contributed by atoms with Crippen LogP contribution in [-0.4, -0.2) is 16.5 Å². The minimum atomic E-state index is 0.258. The van der Waals surface area contributed by atoms with Gasteiger partial charge in [-0.05, 0) is 32.0 Å². The molecular weight excluding hydrogens is 290 g/mol. The zero-order valence-electron chi connectivity index (χ0n) is 10.7. The third-order valence-corrected chi connectivity index (χ3v) is 3.38. The number of aromatic nitrogens is 2. The molecule has 2 rings (SSSR count). The molecule has 1 atom stereocenters. The van der Waals surface area contributed by atoms with E-state index in [1.165, 1.54) is 0 Å². The number of benzene rings is 1. The molecule has 1 heterocycles. The second-order valence-corrected chi connectivity index (χ2v) is 5.27. The topological polar surface area (TPSA) is 40.7 Å². The molecule has 1 aromatic heterocycles. The Bertz CT molecular complexity index is 490. The first kappa shape index (κ1) is 13.3. The zero-order valence-corrected chi connectivity index (χ0v) is 12.3. The molecule has 96 valence electrons. The van der Waals surface area contributed by atoms with Crippen LogP contribution in [0.2, 0.25) is 0 Å². The quantitative estimate of drug-likeness (QED) is 0.879. The van der Waals surface area contributed by atoms with Gasteiger partial charge in [0.1, 0.15) is 5.82 Å². The number of hydrogen-bond acceptors (Lipinski definition) is 2. The van der Waals surface area contributed by atoms with Crippen molar-refractivity contribution in [1.29, 1.82) is 0 Å². The van der Waals surface area contributed by atoms with Crippen LogP contribution in [0.25, 0.3) is 11.3 Å². The van der Waals surface area contributed by atoms with Crippen LogP contribution < -0.4 is 5.32 Å². The number of rotatable bonds is 5. The number of nitrogens with zero attached hydrogens (tertiary/aromatic N) is 1. The summed E-state index contributed by atoms with van der Waals surface area (Å²) in [6, 6.07) is 8.45. The molecule has 0 aliphatic carbocycles. The lowest BCUT2D eigenvalue weighted by Gasteiger charge is -2.09. The number of halogens is 1. The Kier molecular flexibility index (Phi) is 4.55. The summed E-state index contributed by atoms with van der Waals surface area (Å²) in [5, 5.41) is 3.42. The van der Waals surface area contributed by atoms with Crippen molar-refractivity contribution in [2.45, 2.75) is 26.3 Å². The van der Waals surface area contributed by atoms with E-state index in [0.717, 1.165) is 34.5 Å². The smallest absolute Gasteiger partial charge is 0.123 e. The molecule has 0 aliphatic heterocycles. The van der Waals surface area contributed by atoms with E-state index in [1.807, 2.05) is 18.3 Å².